The van der Waals surface area contributed by atoms with Crippen molar-refractivity contribution in [3.63, 3.8) is 0 Å². The number of carboxylic acid groups (broad SMARTS) is 1. The van der Waals surface area contributed by atoms with Gasteiger partial charge in [0, 0.05) is 20.2 Å². The van der Waals surface area contributed by atoms with Gasteiger partial charge in [-0.2, -0.15) is 13.2 Å². The molecule has 140 valence electrons. The second kappa shape index (κ2) is 7.30. The Morgan fingerprint density at radius 1 is 1.36 bits per heavy atom. The SMILES string of the molecule is COCCN1C[C@H](S(=O)(=O)c2ccccc2C(F)(F)F)C[C@H]1C(=O)O. The molecule has 1 N–H and O–H groups in total. The zero-order chi connectivity index (χ0) is 18.8. The van der Waals surface area contributed by atoms with E-state index in [2.05, 4.69) is 0 Å². The molecule has 2 atom stereocenters. The van der Waals surface area contributed by atoms with Gasteiger partial charge < -0.3 is 9.84 Å². The van der Waals surface area contributed by atoms with Gasteiger partial charge in [0.15, 0.2) is 9.84 Å². The molecule has 0 aliphatic carbocycles. The van der Waals surface area contributed by atoms with E-state index in [0.717, 1.165) is 12.1 Å². The van der Waals surface area contributed by atoms with Gasteiger partial charge in [-0.1, -0.05) is 12.1 Å². The molecular formula is C15H18F3NO5S. The van der Waals surface area contributed by atoms with Crippen LogP contribution in [0.15, 0.2) is 29.2 Å². The highest BCUT2D eigenvalue weighted by Crippen LogP contribution is 2.37. The van der Waals surface area contributed by atoms with Crippen LogP contribution in [0, 0.1) is 0 Å². The van der Waals surface area contributed by atoms with Gasteiger partial charge in [-0.15, -0.1) is 0 Å². The van der Waals surface area contributed by atoms with Crippen LogP contribution in [0.5, 0.6) is 0 Å². The minimum absolute atomic E-state index is 0.158. The summed E-state index contributed by atoms with van der Waals surface area (Å²) < 4.78 is 69.7. The van der Waals surface area contributed by atoms with Crippen molar-refractivity contribution in [3.05, 3.63) is 29.8 Å². The quantitative estimate of drug-likeness (QED) is 0.807. The summed E-state index contributed by atoms with van der Waals surface area (Å²) in [6, 6.07) is 2.87. The number of carboxylic acids is 1. The monoisotopic (exact) mass is 381 g/mol. The number of rotatable bonds is 6. The van der Waals surface area contributed by atoms with Crippen LogP contribution in [-0.2, 0) is 25.5 Å². The largest absolute Gasteiger partial charge is 0.480 e. The summed E-state index contributed by atoms with van der Waals surface area (Å²) in [7, 11) is -2.93. The Labute approximate surface area is 143 Å². The summed E-state index contributed by atoms with van der Waals surface area (Å²) in [6.45, 7) is 0.213. The van der Waals surface area contributed by atoms with E-state index < -0.39 is 43.7 Å². The fourth-order valence-corrected chi connectivity index (χ4v) is 4.87. The summed E-state index contributed by atoms with van der Waals surface area (Å²) in [5, 5.41) is 8.04. The summed E-state index contributed by atoms with van der Waals surface area (Å²) in [5.41, 5.74) is -1.24. The van der Waals surface area contributed by atoms with E-state index in [1.807, 2.05) is 0 Å². The second-order valence-electron chi connectivity index (χ2n) is 5.74. The number of halogens is 3. The van der Waals surface area contributed by atoms with Crippen LogP contribution < -0.4 is 0 Å². The first kappa shape index (κ1) is 19.7. The Morgan fingerprint density at radius 3 is 2.56 bits per heavy atom. The lowest BCUT2D eigenvalue weighted by Crippen LogP contribution is -2.38. The molecule has 2 rings (SSSR count). The van der Waals surface area contributed by atoms with Crippen molar-refractivity contribution < 1.29 is 36.2 Å². The molecule has 0 bridgehead atoms. The van der Waals surface area contributed by atoms with E-state index in [9.17, 15) is 31.5 Å². The molecule has 0 unspecified atom stereocenters. The van der Waals surface area contributed by atoms with Crippen LogP contribution in [0.1, 0.15) is 12.0 Å². The summed E-state index contributed by atoms with van der Waals surface area (Å²) in [6.07, 6.45) is -5.09. The molecule has 0 saturated carbocycles. The van der Waals surface area contributed by atoms with E-state index in [-0.39, 0.29) is 26.1 Å². The first-order chi connectivity index (χ1) is 11.6. The molecule has 10 heteroatoms. The highest BCUT2D eigenvalue weighted by atomic mass is 32.2. The smallest absolute Gasteiger partial charge is 0.417 e. The molecule has 0 amide bonds. The topological polar surface area (TPSA) is 83.9 Å². The van der Waals surface area contributed by atoms with Crippen molar-refractivity contribution in [1.29, 1.82) is 0 Å². The molecule has 0 aromatic heterocycles. The third-order valence-corrected chi connectivity index (χ3v) is 6.36. The number of benzene rings is 1. The first-order valence-electron chi connectivity index (χ1n) is 7.45. The number of alkyl halides is 3. The van der Waals surface area contributed by atoms with E-state index in [0.29, 0.717) is 6.07 Å². The van der Waals surface area contributed by atoms with Crippen LogP contribution in [-0.4, -0.2) is 62.5 Å². The van der Waals surface area contributed by atoms with Gasteiger partial charge in [-0.25, -0.2) is 8.42 Å². The third-order valence-electron chi connectivity index (χ3n) is 4.17. The number of carbonyl (C=O) groups is 1. The molecule has 1 aliphatic rings. The maximum atomic E-state index is 13.1. The number of methoxy groups -OCH3 is 1. The highest BCUT2D eigenvalue weighted by Gasteiger charge is 2.46. The van der Waals surface area contributed by atoms with Gasteiger partial charge >= 0.3 is 12.1 Å². The Kier molecular flexibility index (Phi) is 5.75. The van der Waals surface area contributed by atoms with Crippen LogP contribution >= 0.6 is 0 Å². The Hall–Kier alpha value is -1.65. The predicted molar refractivity (Wildman–Crippen MR) is 81.9 cm³/mol. The van der Waals surface area contributed by atoms with Crippen LogP contribution in [0.2, 0.25) is 0 Å². The fraction of sp³-hybridized carbons (Fsp3) is 0.533. The minimum Gasteiger partial charge on any atom is -0.480 e. The average Bonchev–Trinajstić information content (AvgIpc) is 2.97. The maximum Gasteiger partial charge on any atom is 0.417 e. The van der Waals surface area contributed by atoms with E-state index >= 15 is 0 Å². The van der Waals surface area contributed by atoms with Gasteiger partial charge in [-0.05, 0) is 18.6 Å². The molecule has 0 spiro atoms. The van der Waals surface area contributed by atoms with Crippen molar-refractivity contribution in [2.45, 2.75) is 28.8 Å². The van der Waals surface area contributed by atoms with Gasteiger partial charge in [0.25, 0.3) is 0 Å². The molecule has 1 fully saturated rings. The molecule has 1 saturated heterocycles. The third kappa shape index (κ3) is 4.13. The van der Waals surface area contributed by atoms with Gasteiger partial charge in [0.2, 0.25) is 0 Å². The summed E-state index contributed by atoms with van der Waals surface area (Å²) >= 11 is 0. The van der Waals surface area contributed by atoms with Crippen molar-refractivity contribution in [2.75, 3.05) is 26.8 Å². The lowest BCUT2D eigenvalue weighted by atomic mass is 10.2. The van der Waals surface area contributed by atoms with Crippen molar-refractivity contribution >= 4 is 15.8 Å². The van der Waals surface area contributed by atoms with E-state index in [1.165, 1.54) is 18.1 Å². The van der Waals surface area contributed by atoms with Crippen molar-refractivity contribution in [2.24, 2.45) is 0 Å². The van der Waals surface area contributed by atoms with E-state index in [1.54, 1.807) is 0 Å². The number of nitrogens with zero attached hydrogens (tertiary/aromatic N) is 1. The fourth-order valence-electron chi connectivity index (χ4n) is 2.93. The molecule has 1 aromatic carbocycles. The van der Waals surface area contributed by atoms with Crippen molar-refractivity contribution in [1.82, 2.24) is 4.90 Å². The zero-order valence-electron chi connectivity index (χ0n) is 13.4. The Bertz CT molecular complexity index is 735. The van der Waals surface area contributed by atoms with Gasteiger partial charge in [-0.3, -0.25) is 9.69 Å². The predicted octanol–water partition coefficient (Wildman–Crippen LogP) is 1.65. The molecule has 1 heterocycles. The lowest BCUT2D eigenvalue weighted by molar-refractivity contribution is -0.142. The molecular weight excluding hydrogens is 363 g/mol. The molecule has 25 heavy (non-hydrogen) atoms. The van der Waals surface area contributed by atoms with Gasteiger partial charge in [0.1, 0.15) is 6.04 Å². The zero-order valence-corrected chi connectivity index (χ0v) is 14.2. The Morgan fingerprint density at radius 2 is 2.00 bits per heavy atom. The number of aliphatic carboxylic acids is 1. The Balaban J connectivity index is 2.37. The minimum atomic E-state index is -4.82. The number of hydrogen-bond acceptors (Lipinski definition) is 5. The lowest BCUT2D eigenvalue weighted by Gasteiger charge is -2.20. The number of sulfone groups is 1. The summed E-state index contributed by atoms with van der Waals surface area (Å²) in [4.78, 5) is 11.9. The maximum absolute atomic E-state index is 13.1. The van der Waals surface area contributed by atoms with Crippen LogP contribution in [0.25, 0.3) is 0 Å². The van der Waals surface area contributed by atoms with Gasteiger partial charge in [0.05, 0.1) is 22.3 Å². The molecule has 6 nitrogen and oxygen atoms in total. The normalized spacial score (nSPS) is 22.2. The van der Waals surface area contributed by atoms with E-state index in [4.69, 9.17) is 4.74 Å². The number of hydrogen-bond donors (Lipinski definition) is 1. The second-order valence-corrected chi connectivity index (χ2v) is 7.93. The van der Waals surface area contributed by atoms with Crippen molar-refractivity contribution in [3.8, 4) is 0 Å². The standard InChI is InChI=1S/C15H18F3NO5S/c1-24-7-6-19-9-10(8-12(19)14(20)21)25(22,23)13-5-3-2-4-11(13)15(16,17)18/h2-5,10,12H,6-9H2,1H3,(H,20,21)/t10-,12+/m1/s1. The number of likely N-dealkylation sites (tertiary alicyclic amines) is 1. The average molecular weight is 381 g/mol. The van der Waals surface area contributed by atoms with Crippen LogP contribution in [0.3, 0.4) is 0 Å². The molecule has 0 radical (unpaired) electrons. The molecule has 1 aromatic rings. The summed E-state index contributed by atoms with van der Waals surface area (Å²) in [5.74, 6) is -1.21. The highest BCUT2D eigenvalue weighted by molar-refractivity contribution is 7.92. The van der Waals surface area contributed by atoms with Crippen LogP contribution in [0.4, 0.5) is 13.2 Å². The number of ether oxygens (including phenoxy) is 1. The molecule has 1 aliphatic heterocycles. The first-order valence-corrected chi connectivity index (χ1v) is 8.99.